The van der Waals surface area contributed by atoms with E-state index in [0.29, 0.717) is 24.5 Å². The van der Waals surface area contributed by atoms with Gasteiger partial charge in [-0.1, -0.05) is 18.2 Å². The van der Waals surface area contributed by atoms with Crippen LogP contribution >= 0.6 is 11.3 Å². The minimum Gasteiger partial charge on any atom is -2.00 e. The molecule has 1 aromatic heterocycles. The Bertz CT molecular complexity index is 861. The molecule has 0 aliphatic heterocycles. The fourth-order valence-corrected chi connectivity index (χ4v) is 3.52. The Morgan fingerprint density at radius 3 is 2.78 bits per heavy atom. The van der Waals surface area contributed by atoms with Gasteiger partial charge in [0.15, 0.2) is 0 Å². The van der Waals surface area contributed by atoms with Crippen molar-refractivity contribution in [3.05, 3.63) is 41.7 Å². The number of aromatic nitrogens is 1. The molecule has 0 unspecified atom stereocenters. The van der Waals surface area contributed by atoms with Crippen LogP contribution in [0.1, 0.15) is 0 Å². The van der Waals surface area contributed by atoms with E-state index < -0.39 is 0 Å². The first-order valence-electron chi connectivity index (χ1n) is 7.93. The number of thiazole rings is 1. The number of nitrogens with one attached hydrogen (secondary N) is 1. The molecule has 27 heavy (non-hydrogen) atoms. The van der Waals surface area contributed by atoms with E-state index in [1.807, 2.05) is 24.3 Å². The smallest absolute Gasteiger partial charge is 0.124 e. The van der Waals surface area contributed by atoms with Crippen molar-refractivity contribution in [3.8, 4) is 22.1 Å². The van der Waals surface area contributed by atoms with E-state index in [0.717, 1.165) is 33.1 Å². The first-order chi connectivity index (χ1) is 12.2. The van der Waals surface area contributed by atoms with Crippen molar-refractivity contribution in [2.24, 2.45) is 0 Å². The Kier molecular flexibility index (Phi) is 10.1. The summed E-state index contributed by atoms with van der Waals surface area (Å²) in [5.41, 5.74) is 2.28. The zero-order valence-electron chi connectivity index (χ0n) is 14.6. The summed E-state index contributed by atoms with van der Waals surface area (Å²) in [6, 6.07) is 11.0. The third kappa shape index (κ3) is 6.07. The number of methoxy groups -OCH3 is 1. The van der Waals surface area contributed by atoms with Crippen LogP contribution in [-0.4, -0.2) is 37.5 Å². The molecule has 0 saturated heterocycles. The van der Waals surface area contributed by atoms with Crippen molar-refractivity contribution in [3.63, 3.8) is 0 Å². The van der Waals surface area contributed by atoms with Crippen LogP contribution in [0.25, 0.3) is 26.1 Å². The van der Waals surface area contributed by atoms with Crippen molar-refractivity contribution < 1.29 is 35.7 Å². The maximum atomic E-state index is 12.0. The number of nitrogens with zero attached hydrogens (tertiary/aromatic N) is 2. The molecule has 0 aliphatic carbocycles. The molecule has 0 spiro atoms. The molecule has 3 aromatic rings. The second-order valence-corrected chi connectivity index (χ2v) is 6.81. The Morgan fingerprint density at radius 1 is 1.22 bits per heavy atom. The van der Waals surface area contributed by atoms with Gasteiger partial charge in [0.25, 0.3) is 0 Å². The van der Waals surface area contributed by atoms with E-state index in [1.54, 1.807) is 30.6 Å². The van der Waals surface area contributed by atoms with Gasteiger partial charge in [-0.2, -0.15) is 5.75 Å². The molecule has 0 atom stereocenters. The van der Waals surface area contributed by atoms with Crippen molar-refractivity contribution in [1.29, 1.82) is 0 Å². The van der Waals surface area contributed by atoms with E-state index in [-0.39, 0.29) is 31.6 Å². The predicted molar refractivity (Wildman–Crippen MR) is 105 cm³/mol. The maximum absolute atomic E-state index is 12.0. The van der Waals surface area contributed by atoms with E-state index >= 15 is 0 Å². The molecule has 147 valence electrons. The zero-order valence-corrected chi connectivity index (χ0v) is 19.0. The molecular formula is C18H18N3O3ReS2-5. The van der Waals surface area contributed by atoms with Gasteiger partial charge < -0.3 is 38.6 Å². The fourth-order valence-electron chi connectivity index (χ4n) is 2.38. The van der Waals surface area contributed by atoms with Gasteiger partial charge in [-0.05, 0) is 31.3 Å². The van der Waals surface area contributed by atoms with Gasteiger partial charge in [0.2, 0.25) is 0 Å². The van der Waals surface area contributed by atoms with E-state index in [1.165, 1.54) is 0 Å². The number of hydrogen-bond donors (Lipinski definition) is 1. The molecule has 1 heterocycles. The Morgan fingerprint density at radius 2 is 2.04 bits per heavy atom. The van der Waals surface area contributed by atoms with Gasteiger partial charge in [0, 0.05) is 26.0 Å². The zero-order chi connectivity index (χ0) is 17.6. The van der Waals surface area contributed by atoms with E-state index in [2.05, 4.69) is 15.6 Å². The molecule has 1 N–H and O–H groups in total. The van der Waals surface area contributed by atoms with Crippen molar-refractivity contribution in [2.75, 3.05) is 32.5 Å². The number of benzene rings is 2. The number of rotatable bonds is 8. The summed E-state index contributed by atoms with van der Waals surface area (Å²) < 4.78 is 6.30. The third-order valence-electron chi connectivity index (χ3n) is 3.65. The first-order valence-corrected chi connectivity index (χ1v) is 9.33. The summed E-state index contributed by atoms with van der Waals surface area (Å²) in [6.07, 6.45) is 0. The predicted octanol–water partition coefficient (Wildman–Crippen LogP) is 3.07. The average Bonchev–Trinajstić information content (AvgIpc) is 3.06. The van der Waals surface area contributed by atoms with Crippen molar-refractivity contribution >= 4 is 39.9 Å². The largest absolute Gasteiger partial charge is 2.00 e. The maximum Gasteiger partial charge on any atom is 0.124 e. The molecule has 2 aromatic carbocycles. The monoisotopic (exact) mass is 575 g/mol. The molecule has 0 saturated carbocycles. The number of ether oxygens (including phenoxy) is 1. The summed E-state index contributed by atoms with van der Waals surface area (Å²) in [5, 5.41) is 20.4. The van der Waals surface area contributed by atoms with Gasteiger partial charge in [-0.25, -0.2) is 4.98 Å². The molecule has 9 heteroatoms. The molecule has 0 aliphatic rings. The summed E-state index contributed by atoms with van der Waals surface area (Å²) in [7, 11) is 1.65. The minimum atomic E-state index is -0.0743. The third-order valence-corrected chi connectivity index (χ3v) is 4.92. The van der Waals surface area contributed by atoms with Crippen LogP contribution in [0.2, 0.25) is 0 Å². The average molecular weight is 575 g/mol. The van der Waals surface area contributed by atoms with Crippen LogP contribution < -0.4 is 15.2 Å². The molecule has 0 bridgehead atoms. The van der Waals surface area contributed by atoms with Crippen molar-refractivity contribution in [2.45, 2.75) is 0 Å². The summed E-state index contributed by atoms with van der Waals surface area (Å²) in [4.78, 5) is 4.65. The van der Waals surface area contributed by atoms with Crippen LogP contribution in [-0.2, 0) is 38.5 Å². The second-order valence-electron chi connectivity index (χ2n) is 5.37. The molecule has 6 nitrogen and oxygen atoms in total. The van der Waals surface area contributed by atoms with Crippen LogP contribution in [0.15, 0.2) is 36.4 Å². The topological polar surface area (TPSA) is 99.8 Å². The summed E-state index contributed by atoms with van der Waals surface area (Å²) in [6.45, 7) is 2.04. The fraction of sp³-hybridized carbons (Fsp3) is 0.278. The van der Waals surface area contributed by atoms with Gasteiger partial charge in [-0.3, -0.25) is 0 Å². The number of hydrogen-bond acceptors (Lipinski definition) is 6. The number of fused-ring (bicyclic) bond motifs is 1. The molecular weight excluding hydrogens is 557 g/mol. The molecule has 1 radical (unpaired) electrons. The molecule has 0 amide bonds. The normalized spacial score (nSPS) is 10.1. The summed E-state index contributed by atoms with van der Waals surface area (Å²) in [5.74, 6) is 1.40. The first kappa shape index (κ1) is 23.7. The standard InChI is InChI=1S/C18H20N3O2S2.O.Re/c1-23-13-3-4-14-17(11-13)25-18(21-14)12-2-5-16(22)15(10-12)20-7-6-19-8-9-24;;/h2-5,10-11,19,24H,6-9H2,1H3,(H,21,22);;/q-1;-2;/p-2. The van der Waals surface area contributed by atoms with Gasteiger partial charge in [0.05, 0.1) is 17.3 Å². The summed E-state index contributed by atoms with van der Waals surface area (Å²) >= 11 is 6.44. The van der Waals surface area contributed by atoms with Crippen LogP contribution in [0.3, 0.4) is 0 Å². The van der Waals surface area contributed by atoms with Crippen molar-refractivity contribution in [1.82, 2.24) is 10.3 Å². The Balaban J connectivity index is 0.00000182. The quantitative estimate of drug-likeness (QED) is 0.329. The van der Waals surface area contributed by atoms with Crippen LogP contribution in [0.4, 0.5) is 5.69 Å². The second kappa shape index (κ2) is 11.5. The minimum absolute atomic E-state index is 0. The van der Waals surface area contributed by atoms with Crippen LogP contribution in [0.5, 0.6) is 11.5 Å². The van der Waals surface area contributed by atoms with Gasteiger partial charge in [0.1, 0.15) is 10.8 Å². The SMILES string of the molecule is COc1ccc2nc(-c3ccc([O-])c([N-]CCNCC[S-])c3)sc2c1.[O-2].[Re]. The van der Waals surface area contributed by atoms with Crippen LogP contribution in [0, 0.1) is 0 Å². The Labute approximate surface area is 181 Å². The molecule has 3 rings (SSSR count). The molecule has 0 fully saturated rings. The Hall–Kier alpha value is -1.34. The van der Waals surface area contributed by atoms with Gasteiger partial charge >= 0.3 is 0 Å². The van der Waals surface area contributed by atoms with E-state index in [9.17, 15) is 5.11 Å². The van der Waals surface area contributed by atoms with E-state index in [4.69, 9.17) is 17.4 Å². The van der Waals surface area contributed by atoms with Gasteiger partial charge in [-0.15, -0.1) is 29.3 Å².